The molecule has 2 N–H and O–H groups in total. The van der Waals surface area contributed by atoms with E-state index in [4.69, 9.17) is 4.74 Å². The number of ether oxygens (including phenoxy) is 1. The standard InChI is InChI=1S/C25H22N4O3/c1-15-23(17-9-5-10-18(13-17)32-2)24-27-25(31)21(29(24)28-15)14-22(30)26-20-12-6-8-16-7-3-4-11-19(16)20/h3-13,21H,14H2,1-2H3,(H,26,30)(H,27,31). The van der Waals surface area contributed by atoms with Gasteiger partial charge in [0.2, 0.25) is 5.91 Å². The van der Waals surface area contributed by atoms with Gasteiger partial charge >= 0.3 is 0 Å². The highest BCUT2D eigenvalue weighted by atomic mass is 16.5. The van der Waals surface area contributed by atoms with Gasteiger partial charge in [0.05, 0.1) is 19.2 Å². The number of rotatable bonds is 5. The number of benzene rings is 3. The van der Waals surface area contributed by atoms with Crippen LogP contribution in [0.2, 0.25) is 0 Å². The minimum absolute atomic E-state index is 0.0132. The SMILES string of the molecule is COc1cccc(-c2c(C)nn3c2NC(=O)C3CC(=O)Nc2cccc3ccccc23)c1. The lowest BCUT2D eigenvalue weighted by molar-refractivity contribution is -0.123. The highest BCUT2D eigenvalue weighted by molar-refractivity contribution is 6.06. The molecule has 0 spiro atoms. The number of aromatic nitrogens is 2. The molecule has 2 heterocycles. The number of fused-ring (bicyclic) bond motifs is 2. The second-order valence-corrected chi connectivity index (χ2v) is 7.77. The fourth-order valence-electron chi connectivity index (χ4n) is 4.22. The lowest BCUT2D eigenvalue weighted by Crippen LogP contribution is -2.23. The van der Waals surface area contributed by atoms with E-state index in [9.17, 15) is 9.59 Å². The summed E-state index contributed by atoms with van der Waals surface area (Å²) in [6, 6.07) is 20.5. The Bertz CT molecular complexity index is 1350. The topological polar surface area (TPSA) is 85.2 Å². The zero-order valence-electron chi connectivity index (χ0n) is 17.8. The molecule has 0 bridgehead atoms. The molecule has 1 aliphatic rings. The molecule has 32 heavy (non-hydrogen) atoms. The van der Waals surface area contributed by atoms with E-state index in [0.29, 0.717) is 5.82 Å². The zero-order chi connectivity index (χ0) is 22.2. The maximum absolute atomic E-state index is 12.9. The molecular weight excluding hydrogens is 404 g/mol. The highest BCUT2D eigenvalue weighted by Crippen LogP contribution is 2.39. The van der Waals surface area contributed by atoms with Crippen LogP contribution in [0.4, 0.5) is 11.5 Å². The molecule has 160 valence electrons. The van der Waals surface area contributed by atoms with Gasteiger partial charge in [-0.2, -0.15) is 5.10 Å². The number of carbonyl (C=O) groups is 2. The van der Waals surface area contributed by atoms with Crippen LogP contribution in [0.5, 0.6) is 5.75 Å². The summed E-state index contributed by atoms with van der Waals surface area (Å²) in [6.07, 6.45) is -0.0132. The molecule has 0 fully saturated rings. The molecule has 1 aromatic heterocycles. The van der Waals surface area contributed by atoms with E-state index in [0.717, 1.165) is 39.0 Å². The van der Waals surface area contributed by atoms with Crippen molar-refractivity contribution in [3.63, 3.8) is 0 Å². The highest BCUT2D eigenvalue weighted by Gasteiger charge is 2.36. The molecular formula is C25H22N4O3. The number of hydrogen-bond acceptors (Lipinski definition) is 4. The normalized spacial score (nSPS) is 14.8. The summed E-state index contributed by atoms with van der Waals surface area (Å²) in [7, 11) is 1.61. The van der Waals surface area contributed by atoms with E-state index in [1.54, 1.807) is 11.8 Å². The first-order valence-electron chi connectivity index (χ1n) is 10.4. The third-order valence-corrected chi connectivity index (χ3v) is 5.73. The molecule has 0 radical (unpaired) electrons. The average Bonchev–Trinajstić information content (AvgIpc) is 3.27. The molecule has 2 amide bonds. The summed E-state index contributed by atoms with van der Waals surface area (Å²) in [5.41, 5.74) is 3.21. The van der Waals surface area contributed by atoms with Crippen molar-refractivity contribution in [2.24, 2.45) is 0 Å². The van der Waals surface area contributed by atoms with E-state index >= 15 is 0 Å². The van der Waals surface area contributed by atoms with Crippen molar-refractivity contribution >= 4 is 34.1 Å². The number of anilines is 2. The van der Waals surface area contributed by atoms with E-state index < -0.39 is 6.04 Å². The minimum Gasteiger partial charge on any atom is -0.497 e. The summed E-state index contributed by atoms with van der Waals surface area (Å²) >= 11 is 0. The van der Waals surface area contributed by atoms with Crippen LogP contribution in [0.3, 0.4) is 0 Å². The van der Waals surface area contributed by atoms with E-state index in [2.05, 4.69) is 15.7 Å². The van der Waals surface area contributed by atoms with E-state index in [1.165, 1.54) is 0 Å². The largest absolute Gasteiger partial charge is 0.497 e. The lowest BCUT2D eigenvalue weighted by atomic mass is 10.1. The molecule has 7 nitrogen and oxygen atoms in total. The lowest BCUT2D eigenvalue weighted by Gasteiger charge is -2.12. The van der Waals surface area contributed by atoms with Gasteiger partial charge in [-0.05, 0) is 36.1 Å². The van der Waals surface area contributed by atoms with Gasteiger partial charge in [0, 0.05) is 16.6 Å². The van der Waals surface area contributed by atoms with Gasteiger partial charge in [-0.1, -0.05) is 48.5 Å². The number of aryl methyl sites for hydroxylation is 1. The van der Waals surface area contributed by atoms with Gasteiger partial charge in [-0.3, -0.25) is 9.59 Å². The number of carbonyl (C=O) groups excluding carboxylic acids is 2. The van der Waals surface area contributed by atoms with Crippen molar-refractivity contribution in [1.82, 2.24) is 9.78 Å². The second kappa shape index (κ2) is 7.85. The third-order valence-electron chi connectivity index (χ3n) is 5.73. The Morgan fingerprint density at radius 3 is 2.75 bits per heavy atom. The van der Waals surface area contributed by atoms with Gasteiger partial charge < -0.3 is 15.4 Å². The number of nitrogens with zero attached hydrogens (tertiary/aromatic N) is 2. The quantitative estimate of drug-likeness (QED) is 0.491. The first-order valence-corrected chi connectivity index (χ1v) is 10.4. The third kappa shape index (κ3) is 3.37. The number of amides is 2. The van der Waals surface area contributed by atoms with Crippen molar-refractivity contribution in [3.05, 3.63) is 72.4 Å². The van der Waals surface area contributed by atoms with Crippen LogP contribution in [0.1, 0.15) is 18.2 Å². The first-order chi connectivity index (χ1) is 15.5. The van der Waals surface area contributed by atoms with Gasteiger partial charge in [0.1, 0.15) is 17.6 Å². The number of nitrogens with one attached hydrogen (secondary N) is 2. The summed E-state index contributed by atoms with van der Waals surface area (Å²) in [6.45, 7) is 1.89. The van der Waals surface area contributed by atoms with E-state index in [-0.39, 0.29) is 18.2 Å². The smallest absolute Gasteiger partial charge is 0.251 e. The monoisotopic (exact) mass is 426 g/mol. The number of hydrogen-bond donors (Lipinski definition) is 2. The summed E-state index contributed by atoms with van der Waals surface area (Å²) in [4.78, 5) is 25.6. The summed E-state index contributed by atoms with van der Waals surface area (Å²) < 4.78 is 6.95. The Morgan fingerprint density at radius 2 is 1.91 bits per heavy atom. The molecule has 3 aromatic carbocycles. The Labute approximate surface area is 185 Å². The van der Waals surface area contributed by atoms with Crippen molar-refractivity contribution in [3.8, 4) is 16.9 Å². The van der Waals surface area contributed by atoms with E-state index in [1.807, 2.05) is 73.7 Å². The van der Waals surface area contributed by atoms with Gasteiger partial charge in [0.25, 0.3) is 5.91 Å². The second-order valence-electron chi connectivity index (χ2n) is 7.77. The molecule has 5 rings (SSSR count). The van der Waals surface area contributed by atoms with Crippen LogP contribution in [0.15, 0.2) is 66.7 Å². The van der Waals surface area contributed by atoms with Gasteiger partial charge in [0.15, 0.2) is 0 Å². The van der Waals surface area contributed by atoms with Crippen molar-refractivity contribution < 1.29 is 14.3 Å². The zero-order valence-corrected chi connectivity index (χ0v) is 17.8. The van der Waals surface area contributed by atoms with Gasteiger partial charge in [-0.15, -0.1) is 0 Å². The molecule has 1 unspecified atom stereocenters. The molecule has 1 aliphatic heterocycles. The fourth-order valence-corrected chi connectivity index (χ4v) is 4.22. The summed E-state index contributed by atoms with van der Waals surface area (Å²) in [5.74, 6) is 0.830. The van der Waals surface area contributed by atoms with Crippen LogP contribution in [-0.2, 0) is 9.59 Å². The minimum atomic E-state index is -0.710. The molecule has 4 aromatic rings. The van der Waals surface area contributed by atoms with Crippen LogP contribution in [0, 0.1) is 6.92 Å². The Morgan fingerprint density at radius 1 is 1.12 bits per heavy atom. The Kier molecular flexibility index (Phi) is 4.86. The number of methoxy groups -OCH3 is 1. The fraction of sp³-hybridized carbons (Fsp3) is 0.160. The van der Waals surface area contributed by atoms with Gasteiger partial charge in [-0.25, -0.2) is 4.68 Å². The molecule has 0 saturated heterocycles. The predicted octanol–water partition coefficient (Wildman–Crippen LogP) is 4.54. The van der Waals surface area contributed by atoms with Crippen LogP contribution in [0.25, 0.3) is 21.9 Å². The van der Waals surface area contributed by atoms with Crippen molar-refractivity contribution in [2.75, 3.05) is 17.7 Å². The van der Waals surface area contributed by atoms with Crippen molar-refractivity contribution in [1.29, 1.82) is 0 Å². The molecule has 1 atom stereocenters. The predicted molar refractivity (Wildman–Crippen MR) is 124 cm³/mol. The van der Waals surface area contributed by atoms with Crippen molar-refractivity contribution in [2.45, 2.75) is 19.4 Å². The average molecular weight is 426 g/mol. The van der Waals surface area contributed by atoms with Crippen LogP contribution < -0.4 is 15.4 Å². The molecule has 0 aliphatic carbocycles. The maximum Gasteiger partial charge on any atom is 0.251 e. The Hall–Kier alpha value is -4.13. The maximum atomic E-state index is 12.9. The molecule has 7 heteroatoms. The van der Waals surface area contributed by atoms with Crippen LogP contribution in [-0.4, -0.2) is 28.7 Å². The molecule has 0 saturated carbocycles. The summed E-state index contributed by atoms with van der Waals surface area (Å²) in [5, 5.41) is 12.4. The Balaban J connectivity index is 1.42. The first kappa shape index (κ1) is 19.8. The van der Waals surface area contributed by atoms with Crippen LogP contribution >= 0.6 is 0 Å².